The molecule has 1 heterocycles. The Labute approximate surface area is 114 Å². The number of unbranched alkanes of at least 4 members (excludes halogenated alkanes) is 1. The molecule has 0 aliphatic rings. The zero-order valence-electron chi connectivity index (χ0n) is 11.7. The number of hydrogen-bond acceptors (Lipinski definition) is 3. The standard InChI is InChI=1S/C15H24N4/c1-2-9-19-14-10-12(11-17)6-7-13(14)18-15(19)5-3-4-8-16/h6-7,10H,2-5,8-9,11,16-17H2,1H3. The van der Waals surface area contributed by atoms with Crippen molar-refractivity contribution in [2.24, 2.45) is 11.5 Å². The first-order valence-electron chi connectivity index (χ1n) is 7.18. The van der Waals surface area contributed by atoms with Crippen LogP contribution < -0.4 is 11.5 Å². The molecule has 0 aliphatic heterocycles. The third-order valence-corrected chi connectivity index (χ3v) is 3.43. The van der Waals surface area contributed by atoms with E-state index in [0.717, 1.165) is 44.3 Å². The Kier molecular flexibility index (Phi) is 4.93. The quantitative estimate of drug-likeness (QED) is 0.750. The fourth-order valence-corrected chi connectivity index (χ4v) is 2.44. The van der Waals surface area contributed by atoms with Crippen LogP contribution in [0.3, 0.4) is 0 Å². The van der Waals surface area contributed by atoms with Gasteiger partial charge in [0.05, 0.1) is 11.0 Å². The zero-order chi connectivity index (χ0) is 13.7. The van der Waals surface area contributed by atoms with Crippen molar-refractivity contribution >= 4 is 11.0 Å². The van der Waals surface area contributed by atoms with Crippen molar-refractivity contribution in [2.75, 3.05) is 6.54 Å². The van der Waals surface area contributed by atoms with Gasteiger partial charge in [-0.25, -0.2) is 4.98 Å². The summed E-state index contributed by atoms with van der Waals surface area (Å²) in [4.78, 5) is 4.76. The predicted molar refractivity (Wildman–Crippen MR) is 79.9 cm³/mol. The molecule has 2 aromatic rings. The number of hydrogen-bond donors (Lipinski definition) is 2. The third-order valence-electron chi connectivity index (χ3n) is 3.43. The fourth-order valence-electron chi connectivity index (χ4n) is 2.44. The van der Waals surface area contributed by atoms with Crippen LogP contribution in [0.5, 0.6) is 0 Å². The number of aromatic nitrogens is 2. The first-order chi connectivity index (χ1) is 9.30. The molecule has 0 bridgehead atoms. The lowest BCUT2D eigenvalue weighted by Crippen LogP contribution is -2.05. The van der Waals surface area contributed by atoms with E-state index >= 15 is 0 Å². The van der Waals surface area contributed by atoms with Gasteiger partial charge in [-0.05, 0) is 43.5 Å². The topological polar surface area (TPSA) is 69.9 Å². The fraction of sp³-hybridized carbons (Fsp3) is 0.533. The van der Waals surface area contributed by atoms with Crippen molar-refractivity contribution < 1.29 is 0 Å². The Morgan fingerprint density at radius 3 is 2.74 bits per heavy atom. The lowest BCUT2D eigenvalue weighted by molar-refractivity contribution is 0.627. The smallest absolute Gasteiger partial charge is 0.109 e. The van der Waals surface area contributed by atoms with Crippen LogP contribution in [0.15, 0.2) is 18.2 Å². The highest BCUT2D eigenvalue weighted by atomic mass is 15.1. The highest BCUT2D eigenvalue weighted by Gasteiger charge is 2.10. The molecule has 1 aromatic heterocycles. The molecular formula is C15H24N4. The zero-order valence-corrected chi connectivity index (χ0v) is 11.7. The van der Waals surface area contributed by atoms with E-state index < -0.39 is 0 Å². The van der Waals surface area contributed by atoms with Gasteiger partial charge in [-0.15, -0.1) is 0 Å². The summed E-state index contributed by atoms with van der Waals surface area (Å²) in [6, 6.07) is 6.32. The number of fused-ring (bicyclic) bond motifs is 1. The number of imidazole rings is 1. The molecule has 19 heavy (non-hydrogen) atoms. The summed E-state index contributed by atoms with van der Waals surface area (Å²) in [5, 5.41) is 0. The second-order valence-electron chi connectivity index (χ2n) is 4.95. The van der Waals surface area contributed by atoms with Crippen molar-refractivity contribution in [1.82, 2.24) is 9.55 Å². The Morgan fingerprint density at radius 2 is 2.05 bits per heavy atom. The first-order valence-corrected chi connectivity index (χ1v) is 7.18. The minimum atomic E-state index is 0.579. The van der Waals surface area contributed by atoms with Crippen molar-refractivity contribution in [1.29, 1.82) is 0 Å². The number of benzene rings is 1. The van der Waals surface area contributed by atoms with E-state index in [4.69, 9.17) is 16.5 Å². The molecule has 104 valence electrons. The normalized spacial score (nSPS) is 11.3. The molecule has 0 radical (unpaired) electrons. The van der Waals surface area contributed by atoms with Gasteiger partial charge in [0.1, 0.15) is 5.82 Å². The van der Waals surface area contributed by atoms with E-state index in [2.05, 4.69) is 29.7 Å². The average molecular weight is 260 g/mol. The minimum Gasteiger partial charge on any atom is -0.330 e. The van der Waals surface area contributed by atoms with Crippen molar-refractivity contribution in [3.8, 4) is 0 Å². The molecule has 0 spiro atoms. The van der Waals surface area contributed by atoms with Gasteiger partial charge in [-0.2, -0.15) is 0 Å². The van der Waals surface area contributed by atoms with Gasteiger partial charge < -0.3 is 16.0 Å². The first kappa shape index (κ1) is 14.0. The average Bonchev–Trinajstić information content (AvgIpc) is 2.77. The molecule has 0 saturated carbocycles. The van der Waals surface area contributed by atoms with Crippen LogP contribution in [0.4, 0.5) is 0 Å². The van der Waals surface area contributed by atoms with Gasteiger partial charge in [0.25, 0.3) is 0 Å². The molecule has 0 saturated heterocycles. The Hall–Kier alpha value is -1.39. The molecule has 0 unspecified atom stereocenters. The van der Waals surface area contributed by atoms with Crippen LogP contribution in [0.2, 0.25) is 0 Å². The summed E-state index contributed by atoms with van der Waals surface area (Å²) in [5.74, 6) is 1.18. The van der Waals surface area contributed by atoms with E-state index in [9.17, 15) is 0 Å². The monoisotopic (exact) mass is 260 g/mol. The Balaban J connectivity index is 2.36. The molecule has 4 nitrogen and oxygen atoms in total. The summed E-state index contributed by atoms with van der Waals surface area (Å²) in [5.41, 5.74) is 14.7. The van der Waals surface area contributed by atoms with Gasteiger partial charge in [-0.3, -0.25) is 0 Å². The van der Waals surface area contributed by atoms with Gasteiger partial charge in [0, 0.05) is 19.5 Å². The molecule has 0 amide bonds. The lowest BCUT2D eigenvalue weighted by Gasteiger charge is -2.08. The molecule has 4 N–H and O–H groups in total. The molecule has 1 aromatic carbocycles. The number of nitrogens with zero attached hydrogens (tertiary/aromatic N) is 2. The second kappa shape index (κ2) is 6.68. The second-order valence-corrected chi connectivity index (χ2v) is 4.95. The summed E-state index contributed by atoms with van der Waals surface area (Å²) in [7, 11) is 0. The highest BCUT2D eigenvalue weighted by Crippen LogP contribution is 2.20. The summed E-state index contributed by atoms with van der Waals surface area (Å²) < 4.78 is 2.34. The molecule has 4 heteroatoms. The number of nitrogens with two attached hydrogens (primary N) is 2. The van der Waals surface area contributed by atoms with E-state index in [0.29, 0.717) is 6.54 Å². The molecule has 0 atom stereocenters. The van der Waals surface area contributed by atoms with E-state index in [1.165, 1.54) is 16.9 Å². The van der Waals surface area contributed by atoms with Gasteiger partial charge >= 0.3 is 0 Å². The number of aryl methyl sites for hydroxylation is 2. The van der Waals surface area contributed by atoms with Gasteiger partial charge in [0.2, 0.25) is 0 Å². The van der Waals surface area contributed by atoms with E-state index in [-0.39, 0.29) is 0 Å². The predicted octanol–water partition coefficient (Wildman–Crippen LogP) is 2.19. The van der Waals surface area contributed by atoms with Crippen LogP contribution >= 0.6 is 0 Å². The van der Waals surface area contributed by atoms with Gasteiger partial charge in [-0.1, -0.05) is 13.0 Å². The Morgan fingerprint density at radius 1 is 1.21 bits per heavy atom. The SMILES string of the molecule is CCCn1c(CCCCN)nc2ccc(CN)cc21. The molecular weight excluding hydrogens is 236 g/mol. The molecule has 2 rings (SSSR count). The maximum atomic E-state index is 5.73. The van der Waals surface area contributed by atoms with Crippen LogP contribution in [-0.4, -0.2) is 16.1 Å². The van der Waals surface area contributed by atoms with Crippen molar-refractivity contribution in [2.45, 2.75) is 45.7 Å². The summed E-state index contributed by atoms with van der Waals surface area (Å²) >= 11 is 0. The van der Waals surface area contributed by atoms with E-state index in [1.807, 2.05) is 0 Å². The maximum Gasteiger partial charge on any atom is 0.109 e. The lowest BCUT2D eigenvalue weighted by atomic mass is 10.2. The largest absolute Gasteiger partial charge is 0.330 e. The Bertz CT molecular complexity index is 530. The van der Waals surface area contributed by atoms with Crippen LogP contribution in [0.1, 0.15) is 37.6 Å². The van der Waals surface area contributed by atoms with Crippen LogP contribution in [-0.2, 0) is 19.5 Å². The van der Waals surface area contributed by atoms with Crippen molar-refractivity contribution in [3.63, 3.8) is 0 Å². The minimum absolute atomic E-state index is 0.579. The molecule has 0 fully saturated rings. The number of rotatable bonds is 7. The van der Waals surface area contributed by atoms with E-state index in [1.54, 1.807) is 0 Å². The third kappa shape index (κ3) is 3.14. The van der Waals surface area contributed by atoms with Gasteiger partial charge in [0.15, 0.2) is 0 Å². The summed E-state index contributed by atoms with van der Waals surface area (Å²) in [6.45, 7) is 4.55. The van der Waals surface area contributed by atoms with Crippen LogP contribution in [0.25, 0.3) is 11.0 Å². The highest BCUT2D eigenvalue weighted by molar-refractivity contribution is 5.77. The van der Waals surface area contributed by atoms with Crippen LogP contribution in [0, 0.1) is 0 Å². The van der Waals surface area contributed by atoms with Crippen molar-refractivity contribution in [3.05, 3.63) is 29.6 Å². The molecule has 0 aliphatic carbocycles. The summed E-state index contributed by atoms with van der Waals surface area (Å²) in [6.07, 6.45) is 4.28. The maximum absolute atomic E-state index is 5.73.